The van der Waals surface area contributed by atoms with Crippen molar-refractivity contribution >= 4 is 16.1 Å². The second-order valence-electron chi connectivity index (χ2n) is 6.00. The maximum atomic E-state index is 11.2. The first-order valence-corrected chi connectivity index (χ1v) is 8.74. The molecule has 0 heterocycles. The van der Waals surface area contributed by atoms with Gasteiger partial charge in [-0.25, -0.2) is 4.79 Å². The van der Waals surface area contributed by atoms with Crippen LogP contribution < -0.4 is 0 Å². The number of rotatable bonds is 11. The minimum atomic E-state index is -3.84. The summed E-state index contributed by atoms with van der Waals surface area (Å²) in [7, 11) is 0.310. The van der Waals surface area contributed by atoms with Gasteiger partial charge < -0.3 is 14.7 Å². The van der Waals surface area contributed by atoms with Gasteiger partial charge in [0.15, 0.2) is 0 Å². The topological polar surface area (TPSA) is 111 Å². The number of ether oxygens (including phenoxy) is 1. The lowest BCUT2D eigenvalue weighted by molar-refractivity contribution is -0.890. The highest BCUT2D eigenvalue weighted by molar-refractivity contribution is 7.85. The minimum absolute atomic E-state index is 0. The number of unbranched alkanes of at least 4 members (excludes halogenated alkanes) is 2. The third kappa shape index (κ3) is 14.0. The van der Waals surface area contributed by atoms with Gasteiger partial charge in [-0.2, -0.15) is 8.42 Å². The van der Waals surface area contributed by atoms with Gasteiger partial charge in [0.05, 0.1) is 39.5 Å². The van der Waals surface area contributed by atoms with Crippen molar-refractivity contribution in [3.05, 3.63) is 12.2 Å². The molecule has 8 heteroatoms. The van der Waals surface area contributed by atoms with E-state index < -0.39 is 10.1 Å². The lowest BCUT2D eigenvalue weighted by Gasteiger charge is -2.29. The van der Waals surface area contributed by atoms with Gasteiger partial charge >= 0.3 is 5.97 Å². The number of hydrogen-bond donors (Lipinski definition) is 1. The van der Waals surface area contributed by atoms with E-state index in [1.54, 1.807) is 6.92 Å². The summed E-state index contributed by atoms with van der Waals surface area (Å²) >= 11 is 0. The van der Waals surface area contributed by atoms with Crippen molar-refractivity contribution in [3.63, 3.8) is 0 Å². The van der Waals surface area contributed by atoms with Crippen LogP contribution in [0.3, 0.4) is 0 Å². The molecule has 0 aromatic rings. The molecule has 0 saturated carbocycles. The summed E-state index contributed by atoms with van der Waals surface area (Å²) in [6.07, 6.45) is 2.94. The third-order valence-electron chi connectivity index (χ3n) is 3.16. The molecule has 0 unspecified atom stereocenters. The summed E-state index contributed by atoms with van der Waals surface area (Å²) in [5.74, 6) is -0.530. The second kappa shape index (κ2) is 10.7. The van der Waals surface area contributed by atoms with Gasteiger partial charge in [0.1, 0.15) is 0 Å². The van der Waals surface area contributed by atoms with Crippen LogP contribution in [0.25, 0.3) is 0 Å². The summed E-state index contributed by atoms with van der Waals surface area (Å²) in [5, 5.41) is 0. The Kier molecular flexibility index (Phi) is 11.4. The van der Waals surface area contributed by atoms with Crippen molar-refractivity contribution < 1.29 is 32.5 Å². The zero-order chi connectivity index (χ0) is 16.5. The van der Waals surface area contributed by atoms with E-state index in [-0.39, 0.29) is 17.2 Å². The summed E-state index contributed by atoms with van der Waals surface area (Å²) in [5.41, 5.74) is 0.407. The minimum Gasteiger partial charge on any atom is -0.870 e. The largest absolute Gasteiger partial charge is 0.870 e. The molecule has 0 radical (unpaired) electrons. The van der Waals surface area contributed by atoms with Gasteiger partial charge in [-0.3, -0.25) is 4.55 Å². The van der Waals surface area contributed by atoms with Crippen molar-refractivity contribution in [2.24, 2.45) is 0 Å². The smallest absolute Gasteiger partial charge is 0.333 e. The SMILES string of the molecule is C=C(C)C(=O)OCCCC[N+](C)(C)CCCCS(=O)(=O)O.[OH-]. The van der Waals surface area contributed by atoms with E-state index in [1.807, 2.05) is 0 Å². The monoisotopic (exact) mass is 339 g/mol. The molecule has 132 valence electrons. The van der Waals surface area contributed by atoms with Gasteiger partial charge in [-0.1, -0.05) is 6.58 Å². The summed E-state index contributed by atoms with van der Waals surface area (Å²) < 4.78 is 35.7. The number of carbonyl (C=O) groups is 1. The summed E-state index contributed by atoms with van der Waals surface area (Å²) in [4.78, 5) is 11.2. The van der Waals surface area contributed by atoms with Crippen LogP contribution in [0.5, 0.6) is 0 Å². The predicted molar refractivity (Wildman–Crippen MR) is 84.4 cm³/mol. The van der Waals surface area contributed by atoms with Crippen molar-refractivity contribution in [2.75, 3.05) is 39.5 Å². The zero-order valence-corrected chi connectivity index (χ0v) is 14.6. The van der Waals surface area contributed by atoms with Crippen LogP contribution in [0.15, 0.2) is 12.2 Å². The van der Waals surface area contributed by atoms with E-state index in [0.717, 1.165) is 36.8 Å². The average Bonchev–Trinajstić information content (AvgIpc) is 2.32. The van der Waals surface area contributed by atoms with Gasteiger partial charge in [0.2, 0.25) is 0 Å². The first-order valence-electron chi connectivity index (χ1n) is 7.13. The maximum absolute atomic E-state index is 11.2. The molecule has 0 amide bonds. The number of carbonyl (C=O) groups excluding carboxylic acids is 1. The van der Waals surface area contributed by atoms with Crippen LogP contribution in [-0.2, 0) is 19.6 Å². The van der Waals surface area contributed by atoms with Crippen molar-refractivity contribution in [2.45, 2.75) is 32.6 Å². The Balaban J connectivity index is 0. The highest BCUT2D eigenvalue weighted by atomic mass is 32.2. The van der Waals surface area contributed by atoms with E-state index in [2.05, 4.69) is 20.7 Å². The van der Waals surface area contributed by atoms with Crippen LogP contribution in [0, 0.1) is 0 Å². The number of hydrogen-bond acceptors (Lipinski definition) is 5. The molecule has 0 spiro atoms. The standard InChI is InChI=1S/C14H27NO5S.H2O/c1-13(2)14(16)20-11-7-5-9-15(3,4)10-6-8-12-21(17,18)19;/h1,5-12H2,2-4H3;1H2. The lowest BCUT2D eigenvalue weighted by atomic mass is 10.2. The van der Waals surface area contributed by atoms with Gasteiger partial charge in [0.25, 0.3) is 10.1 Å². The van der Waals surface area contributed by atoms with Crippen molar-refractivity contribution in [1.29, 1.82) is 0 Å². The fourth-order valence-corrected chi connectivity index (χ4v) is 2.43. The zero-order valence-electron chi connectivity index (χ0n) is 13.7. The molecule has 0 atom stereocenters. The Morgan fingerprint density at radius 3 is 2.09 bits per heavy atom. The van der Waals surface area contributed by atoms with Crippen LogP contribution in [0.4, 0.5) is 0 Å². The molecular formula is C14H29NO6S. The Morgan fingerprint density at radius 1 is 1.14 bits per heavy atom. The highest BCUT2D eigenvalue weighted by Gasteiger charge is 2.15. The predicted octanol–water partition coefficient (Wildman–Crippen LogP) is 1.45. The molecule has 0 aliphatic carbocycles. The quantitative estimate of drug-likeness (QED) is 0.200. The lowest BCUT2D eigenvalue weighted by Crippen LogP contribution is -2.41. The van der Waals surface area contributed by atoms with Crippen molar-refractivity contribution in [1.82, 2.24) is 0 Å². The molecule has 0 saturated heterocycles. The molecular weight excluding hydrogens is 310 g/mol. The van der Waals surface area contributed by atoms with E-state index in [9.17, 15) is 13.2 Å². The molecule has 0 rings (SSSR count). The fraction of sp³-hybridized carbons (Fsp3) is 0.786. The summed E-state index contributed by atoms with van der Waals surface area (Å²) in [6.45, 7) is 7.31. The molecule has 2 N–H and O–H groups in total. The number of esters is 1. The first kappa shape index (κ1) is 23.3. The van der Waals surface area contributed by atoms with Crippen LogP contribution >= 0.6 is 0 Å². The number of nitrogens with zero attached hydrogens (tertiary/aromatic N) is 1. The average molecular weight is 339 g/mol. The third-order valence-corrected chi connectivity index (χ3v) is 3.96. The van der Waals surface area contributed by atoms with E-state index in [1.165, 1.54) is 0 Å². The molecule has 22 heavy (non-hydrogen) atoms. The van der Waals surface area contributed by atoms with Crippen LogP contribution in [0.2, 0.25) is 0 Å². The highest BCUT2D eigenvalue weighted by Crippen LogP contribution is 2.06. The Hall–Kier alpha value is -0.960. The van der Waals surface area contributed by atoms with Crippen LogP contribution in [0.1, 0.15) is 32.6 Å². The molecule has 0 bridgehead atoms. The normalized spacial score (nSPS) is 11.6. The van der Waals surface area contributed by atoms with Gasteiger partial charge in [-0.15, -0.1) is 0 Å². The molecule has 0 aromatic carbocycles. The van der Waals surface area contributed by atoms with Gasteiger partial charge in [-0.05, 0) is 32.6 Å². The van der Waals surface area contributed by atoms with Gasteiger partial charge in [0, 0.05) is 5.57 Å². The Bertz CT molecular complexity index is 444. The van der Waals surface area contributed by atoms with Crippen molar-refractivity contribution in [3.8, 4) is 0 Å². The maximum Gasteiger partial charge on any atom is 0.333 e. The Morgan fingerprint density at radius 2 is 1.64 bits per heavy atom. The second-order valence-corrected chi connectivity index (χ2v) is 7.57. The molecule has 0 aliphatic heterocycles. The summed E-state index contributed by atoms with van der Waals surface area (Å²) in [6, 6.07) is 0. The van der Waals surface area contributed by atoms with E-state index in [0.29, 0.717) is 18.6 Å². The molecule has 0 aliphatic rings. The van der Waals surface area contributed by atoms with Crippen LogP contribution in [-0.4, -0.2) is 68.4 Å². The number of quaternary nitrogens is 1. The molecule has 0 aromatic heterocycles. The fourth-order valence-electron chi connectivity index (χ4n) is 1.87. The molecule has 0 fully saturated rings. The van der Waals surface area contributed by atoms with E-state index >= 15 is 0 Å². The Labute approximate surface area is 133 Å². The van der Waals surface area contributed by atoms with E-state index in [4.69, 9.17) is 9.29 Å². The first-order chi connectivity index (χ1) is 9.53. The molecule has 7 nitrogen and oxygen atoms in total.